The summed E-state index contributed by atoms with van der Waals surface area (Å²) in [7, 11) is 0. The Morgan fingerprint density at radius 2 is 1.84 bits per heavy atom. The quantitative estimate of drug-likeness (QED) is 0.305. The highest BCUT2D eigenvalue weighted by molar-refractivity contribution is 7.97. The van der Waals surface area contributed by atoms with Gasteiger partial charge in [0.1, 0.15) is 5.58 Å². The second-order valence-electron chi connectivity index (χ2n) is 7.25. The number of aryl methyl sites for hydroxylation is 1. The van der Waals surface area contributed by atoms with Crippen LogP contribution in [0.1, 0.15) is 26.7 Å². The molecule has 4 nitrogen and oxygen atoms in total. The summed E-state index contributed by atoms with van der Waals surface area (Å²) in [6, 6.07) is 23.9. The summed E-state index contributed by atoms with van der Waals surface area (Å²) in [5, 5.41) is 5.00. The number of nitrogens with one attached hydrogen (secondary N) is 1. The van der Waals surface area contributed by atoms with Crippen LogP contribution >= 0.6 is 23.1 Å². The maximum absolute atomic E-state index is 13.2. The molecule has 154 valence electrons. The fraction of sp³-hybridized carbons (Fsp3) is 0.120. The molecular weight excluding hydrogens is 424 g/mol. The van der Waals surface area contributed by atoms with Gasteiger partial charge < -0.3 is 9.73 Å². The summed E-state index contributed by atoms with van der Waals surface area (Å²) in [5.41, 5.74) is 4.62. The summed E-state index contributed by atoms with van der Waals surface area (Å²) in [6.45, 7) is 1.98. The van der Waals surface area contributed by atoms with Crippen molar-refractivity contribution in [1.29, 1.82) is 0 Å². The monoisotopic (exact) mass is 444 g/mol. The van der Waals surface area contributed by atoms with Crippen LogP contribution in [0.5, 0.6) is 0 Å². The van der Waals surface area contributed by atoms with Gasteiger partial charge >= 0.3 is 0 Å². The maximum atomic E-state index is 13.2. The molecular formula is C25H20N2O2S2. The highest BCUT2D eigenvalue weighted by Crippen LogP contribution is 2.31. The van der Waals surface area contributed by atoms with Gasteiger partial charge in [0.15, 0.2) is 5.76 Å². The van der Waals surface area contributed by atoms with E-state index in [4.69, 9.17) is 4.42 Å². The number of fused-ring (bicyclic) bond motifs is 2. The highest BCUT2D eigenvalue weighted by atomic mass is 32.2. The van der Waals surface area contributed by atoms with Crippen molar-refractivity contribution in [3.63, 3.8) is 0 Å². The van der Waals surface area contributed by atoms with Crippen LogP contribution in [0.25, 0.3) is 21.2 Å². The lowest BCUT2D eigenvalue weighted by Gasteiger charge is -2.06. The molecule has 2 aromatic heterocycles. The number of carbonyl (C=O) groups excluding carboxylic acids is 1. The van der Waals surface area contributed by atoms with Crippen LogP contribution in [0.4, 0.5) is 5.69 Å². The normalized spacial score (nSPS) is 11.3. The van der Waals surface area contributed by atoms with Crippen molar-refractivity contribution >= 4 is 55.9 Å². The van der Waals surface area contributed by atoms with Gasteiger partial charge in [-0.1, -0.05) is 48.5 Å². The molecule has 0 aliphatic rings. The molecule has 31 heavy (non-hydrogen) atoms. The third kappa shape index (κ3) is 4.22. The van der Waals surface area contributed by atoms with Gasteiger partial charge in [0.25, 0.3) is 5.91 Å². The number of rotatable bonds is 6. The summed E-state index contributed by atoms with van der Waals surface area (Å²) >= 11 is 3.39. The molecule has 0 saturated heterocycles. The molecule has 5 rings (SSSR count). The van der Waals surface area contributed by atoms with Crippen LogP contribution in [-0.4, -0.2) is 10.9 Å². The number of thioether (sulfide) groups is 1. The molecule has 1 amide bonds. The average molecular weight is 445 g/mol. The molecule has 0 atom stereocenters. The second-order valence-corrected chi connectivity index (χ2v) is 9.47. The molecule has 6 heteroatoms. The molecule has 0 saturated carbocycles. The summed E-state index contributed by atoms with van der Waals surface area (Å²) in [6.07, 6.45) is 0. The molecule has 0 spiro atoms. The number of aromatic nitrogens is 1. The molecule has 0 aliphatic carbocycles. The van der Waals surface area contributed by atoms with Gasteiger partial charge in [-0.05, 0) is 36.8 Å². The lowest BCUT2D eigenvalue weighted by molar-refractivity contribution is 0.0998. The van der Waals surface area contributed by atoms with Crippen molar-refractivity contribution in [3.05, 3.63) is 94.7 Å². The molecule has 0 aliphatic heterocycles. The van der Waals surface area contributed by atoms with E-state index >= 15 is 0 Å². The van der Waals surface area contributed by atoms with Crippen LogP contribution in [0.15, 0.2) is 77.2 Å². The number of furan rings is 1. The first-order valence-corrected chi connectivity index (χ1v) is 11.9. The Labute approximate surface area is 188 Å². The number of carbonyl (C=O) groups is 1. The smallest absolute Gasteiger partial charge is 0.291 e. The minimum Gasteiger partial charge on any atom is -0.451 e. The molecule has 2 heterocycles. The van der Waals surface area contributed by atoms with Crippen LogP contribution in [-0.2, 0) is 11.5 Å². The minimum atomic E-state index is -0.230. The van der Waals surface area contributed by atoms with Crippen LogP contribution < -0.4 is 5.32 Å². The number of hydrogen-bond acceptors (Lipinski definition) is 5. The van der Waals surface area contributed by atoms with E-state index in [2.05, 4.69) is 22.4 Å². The van der Waals surface area contributed by atoms with E-state index in [1.54, 1.807) is 23.1 Å². The van der Waals surface area contributed by atoms with E-state index in [0.29, 0.717) is 11.5 Å². The molecule has 0 bridgehead atoms. The van der Waals surface area contributed by atoms with Crippen LogP contribution in [0.2, 0.25) is 0 Å². The molecule has 1 N–H and O–H groups in total. The Bertz CT molecular complexity index is 1370. The number of amides is 1. The standard InChI is InChI=1S/C25H20N2O2S2/c1-16-26-21-12-11-18(13-23(21)31-16)27-25(28)24-20(19-9-5-6-10-22(19)29-24)15-30-14-17-7-3-2-4-8-17/h2-13H,14-15H2,1H3,(H,27,28). The summed E-state index contributed by atoms with van der Waals surface area (Å²) < 4.78 is 7.05. The van der Waals surface area contributed by atoms with E-state index in [9.17, 15) is 4.79 Å². The maximum Gasteiger partial charge on any atom is 0.291 e. The predicted molar refractivity (Wildman–Crippen MR) is 130 cm³/mol. The van der Waals surface area contributed by atoms with Crippen molar-refractivity contribution in [2.75, 3.05) is 5.32 Å². The zero-order chi connectivity index (χ0) is 21.2. The Hall–Kier alpha value is -3.09. The first-order valence-electron chi connectivity index (χ1n) is 9.98. The Morgan fingerprint density at radius 3 is 2.71 bits per heavy atom. The lowest BCUT2D eigenvalue weighted by atomic mass is 10.1. The average Bonchev–Trinajstić information content (AvgIpc) is 3.34. The first kappa shape index (κ1) is 19.8. The largest absolute Gasteiger partial charge is 0.451 e. The number of nitrogens with zero attached hydrogens (tertiary/aromatic N) is 1. The number of para-hydroxylation sites is 1. The van der Waals surface area contributed by atoms with E-state index < -0.39 is 0 Å². The van der Waals surface area contributed by atoms with Crippen molar-refractivity contribution in [2.45, 2.75) is 18.4 Å². The van der Waals surface area contributed by atoms with Gasteiger partial charge in [0, 0.05) is 28.1 Å². The zero-order valence-corrected chi connectivity index (χ0v) is 18.6. The van der Waals surface area contributed by atoms with E-state index in [0.717, 1.165) is 43.2 Å². The SMILES string of the molecule is Cc1nc2ccc(NC(=O)c3oc4ccccc4c3CSCc3ccccc3)cc2s1. The van der Waals surface area contributed by atoms with Gasteiger partial charge in [-0.15, -0.1) is 11.3 Å². The fourth-order valence-electron chi connectivity index (χ4n) is 3.58. The number of benzene rings is 3. The summed E-state index contributed by atoms with van der Waals surface area (Å²) in [4.78, 5) is 17.6. The number of hydrogen-bond donors (Lipinski definition) is 1. The number of thiazole rings is 1. The zero-order valence-electron chi connectivity index (χ0n) is 16.9. The van der Waals surface area contributed by atoms with Crippen LogP contribution in [0.3, 0.4) is 0 Å². The van der Waals surface area contributed by atoms with Crippen molar-refractivity contribution in [3.8, 4) is 0 Å². The second kappa shape index (κ2) is 8.57. The number of anilines is 1. The van der Waals surface area contributed by atoms with E-state index in [1.165, 1.54) is 5.56 Å². The third-order valence-corrected chi connectivity index (χ3v) is 6.98. The fourth-order valence-corrected chi connectivity index (χ4v) is 5.46. The van der Waals surface area contributed by atoms with Gasteiger partial charge in [-0.25, -0.2) is 4.98 Å². The molecule has 0 radical (unpaired) electrons. The lowest BCUT2D eigenvalue weighted by Crippen LogP contribution is -2.12. The topological polar surface area (TPSA) is 55.1 Å². The third-order valence-electron chi connectivity index (χ3n) is 5.02. The predicted octanol–water partition coefficient (Wildman–Crippen LogP) is 7.04. The van der Waals surface area contributed by atoms with E-state index in [1.807, 2.05) is 67.6 Å². The highest BCUT2D eigenvalue weighted by Gasteiger charge is 2.21. The van der Waals surface area contributed by atoms with Crippen molar-refractivity contribution in [1.82, 2.24) is 4.98 Å². The van der Waals surface area contributed by atoms with Gasteiger partial charge in [-0.2, -0.15) is 11.8 Å². The Balaban J connectivity index is 1.40. The van der Waals surface area contributed by atoms with Crippen molar-refractivity contribution < 1.29 is 9.21 Å². The molecule has 0 unspecified atom stereocenters. The molecule has 3 aromatic carbocycles. The van der Waals surface area contributed by atoms with Crippen LogP contribution in [0, 0.1) is 6.92 Å². The van der Waals surface area contributed by atoms with Gasteiger partial charge in [-0.3, -0.25) is 4.79 Å². The minimum absolute atomic E-state index is 0.230. The Kier molecular flexibility index (Phi) is 5.49. The molecule has 5 aromatic rings. The molecule has 0 fully saturated rings. The van der Waals surface area contributed by atoms with E-state index in [-0.39, 0.29) is 5.91 Å². The van der Waals surface area contributed by atoms with Crippen molar-refractivity contribution in [2.24, 2.45) is 0 Å². The first-order chi connectivity index (χ1) is 15.2. The summed E-state index contributed by atoms with van der Waals surface area (Å²) in [5.74, 6) is 1.72. The van der Waals surface area contributed by atoms with Gasteiger partial charge in [0.05, 0.1) is 15.2 Å². The Morgan fingerprint density at radius 1 is 1.03 bits per heavy atom. The van der Waals surface area contributed by atoms with Gasteiger partial charge in [0.2, 0.25) is 0 Å².